The Hall–Kier alpha value is -7.63. The van der Waals surface area contributed by atoms with Gasteiger partial charge in [-0.05, 0) is 74.7 Å². The Morgan fingerprint density at radius 2 is 0.883 bits per heavy atom. The lowest BCUT2D eigenvalue weighted by Crippen LogP contribution is -2.10. The zero-order valence-corrected chi connectivity index (χ0v) is 33.7. The highest BCUT2D eigenvalue weighted by Crippen LogP contribution is 2.40. The number of aromatic nitrogens is 5. The summed E-state index contributed by atoms with van der Waals surface area (Å²) in [5.41, 5.74) is 14.4. The average Bonchev–Trinajstić information content (AvgIpc) is 3.31. The number of fused-ring (bicyclic) bond motifs is 3. The standard InChI is InChI=1S/C55H41N5/c1-55(2,3)44-27-23-37(24-28-44)49-30-26-38-25-29-48-47(31-32-56-51(48)50(38)57-49)46-22-14-13-21-45(46)42-33-41(36-15-7-4-8-16-36)34-43(35-42)54-59-52(39-17-9-5-10-18-39)58-53(60-54)40-19-11-6-12-20-40/h4-35H,1-3H3. The van der Waals surface area contributed by atoms with Gasteiger partial charge >= 0.3 is 0 Å². The number of benzene rings is 7. The molecule has 0 aliphatic carbocycles. The van der Waals surface area contributed by atoms with Crippen molar-refractivity contribution in [3.8, 4) is 78.8 Å². The van der Waals surface area contributed by atoms with Gasteiger partial charge in [-0.25, -0.2) is 19.9 Å². The van der Waals surface area contributed by atoms with Crippen LogP contribution in [0.1, 0.15) is 26.3 Å². The van der Waals surface area contributed by atoms with Crippen LogP contribution >= 0.6 is 0 Å². The number of hydrogen-bond acceptors (Lipinski definition) is 5. The Kier molecular flexibility index (Phi) is 9.34. The Morgan fingerprint density at radius 3 is 1.52 bits per heavy atom. The summed E-state index contributed by atoms with van der Waals surface area (Å²) in [6.45, 7) is 6.71. The highest BCUT2D eigenvalue weighted by molar-refractivity contribution is 6.10. The molecule has 10 aromatic rings. The molecule has 0 fully saturated rings. The van der Waals surface area contributed by atoms with E-state index in [1.807, 2.05) is 72.9 Å². The van der Waals surface area contributed by atoms with Crippen molar-refractivity contribution in [2.24, 2.45) is 0 Å². The van der Waals surface area contributed by atoms with Crippen LogP contribution in [0.4, 0.5) is 0 Å². The molecule has 0 spiro atoms. The van der Waals surface area contributed by atoms with Crippen molar-refractivity contribution in [1.29, 1.82) is 0 Å². The Balaban J connectivity index is 1.14. The van der Waals surface area contributed by atoms with Crippen molar-refractivity contribution in [3.63, 3.8) is 0 Å². The molecule has 0 aliphatic rings. The van der Waals surface area contributed by atoms with E-state index in [1.165, 1.54) is 5.56 Å². The molecule has 0 radical (unpaired) electrons. The van der Waals surface area contributed by atoms with E-state index in [4.69, 9.17) is 24.9 Å². The summed E-state index contributed by atoms with van der Waals surface area (Å²) in [5, 5.41) is 2.10. The minimum Gasteiger partial charge on any atom is -0.254 e. The van der Waals surface area contributed by atoms with Gasteiger partial charge in [0.2, 0.25) is 0 Å². The van der Waals surface area contributed by atoms with Crippen molar-refractivity contribution in [3.05, 3.63) is 200 Å². The third-order valence-corrected chi connectivity index (χ3v) is 11.1. The number of nitrogens with zero attached hydrogens (tertiary/aromatic N) is 5. The van der Waals surface area contributed by atoms with Gasteiger partial charge in [-0.3, -0.25) is 4.98 Å². The smallest absolute Gasteiger partial charge is 0.164 e. The van der Waals surface area contributed by atoms with Crippen LogP contribution in [0.25, 0.3) is 101 Å². The molecular weight excluding hydrogens is 731 g/mol. The molecular formula is C55H41N5. The predicted octanol–water partition coefficient (Wildman–Crippen LogP) is 13.9. The third kappa shape index (κ3) is 7.11. The van der Waals surface area contributed by atoms with Crippen molar-refractivity contribution >= 4 is 21.8 Å². The molecule has 5 nitrogen and oxygen atoms in total. The minimum atomic E-state index is 0.0805. The van der Waals surface area contributed by atoms with Crippen LogP contribution in [0.5, 0.6) is 0 Å². The maximum atomic E-state index is 5.25. The topological polar surface area (TPSA) is 64.5 Å². The van der Waals surface area contributed by atoms with Gasteiger partial charge in [-0.15, -0.1) is 0 Å². The van der Waals surface area contributed by atoms with Crippen molar-refractivity contribution < 1.29 is 0 Å². The SMILES string of the molecule is CC(C)(C)c1ccc(-c2ccc3ccc4c(-c5ccccc5-c5cc(-c6ccccc6)cc(-c6nc(-c7ccccc7)nc(-c7ccccc7)n6)c5)ccnc4c3n2)cc1. The van der Waals surface area contributed by atoms with E-state index in [0.717, 1.165) is 83.1 Å². The first-order valence-electron chi connectivity index (χ1n) is 20.3. The molecule has 5 heteroatoms. The first-order chi connectivity index (χ1) is 29.4. The van der Waals surface area contributed by atoms with Crippen molar-refractivity contribution in [1.82, 2.24) is 24.9 Å². The monoisotopic (exact) mass is 771 g/mol. The molecule has 0 bridgehead atoms. The molecule has 60 heavy (non-hydrogen) atoms. The van der Waals surface area contributed by atoms with Crippen LogP contribution in [-0.4, -0.2) is 24.9 Å². The second kappa shape index (κ2) is 15.3. The van der Waals surface area contributed by atoms with Gasteiger partial charge in [-0.2, -0.15) is 0 Å². The van der Waals surface area contributed by atoms with Crippen molar-refractivity contribution in [2.75, 3.05) is 0 Å². The quantitative estimate of drug-likeness (QED) is 0.151. The fourth-order valence-electron chi connectivity index (χ4n) is 7.95. The maximum absolute atomic E-state index is 5.25. The van der Waals surface area contributed by atoms with Crippen LogP contribution in [0.15, 0.2) is 194 Å². The molecule has 0 N–H and O–H groups in total. The minimum absolute atomic E-state index is 0.0805. The van der Waals surface area contributed by atoms with E-state index in [2.05, 4.69) is 142 Å². The third-order valence-electron chi connectivity index (χ3n) is 11.1. The van der Waals surface area contributed by atoms with E-state index in [1.54, 1.807) is 0 Å². The first kappa shape index (κ1) is 36.7. The summed E-state index contributed by atoms with van der Waals surface area (Å²) < 4.78 is 0. The van der Waals surface area contributed by atoms with Crippen LogP contribution < -0.4 is 0 Å². The van der Waals surface area contributed by atoms with E-state index >= 15 is 0 Å². The number of rotatable bonds is 7. The molecule has 0 amide bonds. The fraction of sp³-hybridized carbons (Fsp3) is 0.0727. The molecule has 10 rings (SSSR count). The molecule has 0 saturated heterocycles. The van der Waals surface area contributed by atoms with Gasteiger partial charge < -0.3 is 0 Å². The van der Waals surface area contributed by atoms with Gasteiger partial charge in [0.25, 0.3) is 0 Å². The molecule has 0 unspecified atom stereocenters. The van der Waals surface area contributed by atoms with Crippen LogP contribution in [0, 0.1) is 0 Å². The highest BCUT2D eigenvalue weighted by Gasteiger charge is 2.19. The second-order valence-electron chi connectivity index (χ2n) is 16.2. The summed E-state index contributed by atoms with van der Waals surface area (Å²) in [6.07, 6.45) is 1.91. The van der Waals surface area contributed by atoms with Crippen molar-refractivity contribution in [2.45, 2.75) is 26.2 Å². The average molecular weight is 772 g/mol. The maximum Gasteiger partial charge on any atom is 0.164 e. The Bertz CT molecular complexity index is 3100. The molecule has 286 valence electrons. The molecule has 0 atom stereocenters. The van der Waals surface area contributed by atoms with Crippen LogP contribution in [0.2, 0.25) is 0 Å². The van der Waals surface area contributed by atoms with Gasteiger partial charge in [0.15, 0.2) is 17.5 Å². The normalized spacial score (nSPS) is 11.6. The Morgan fingerprint density at radius 1 is 0.350 bits per heavy atom. The summed E-state index contributed by atoms with van der Waals surface area (Å²) >= 11 is 0. The lowest BCUT2D eigenvalue weighted by atomic mass is 9.86. The summed E-state index contributed by atoms with van der Waals surface area (Å²) in [4.78, 5) is 25.4. The zero-order chi connectivity index (χ0) is 40.6. The molecule has 3 heterocycles. The summed E-state index contributed by atoms with van der Waals surface area (Å²) in [7, 11) is 0. The first-order valence-corrected chi connectivity index (χ1v) is 20.3. The van der Waals surface area contributed by atoms with Gasteiger partial charge in [-0.1, -0.05) is 178 Å². The lowest BCUT2D eigenvalue weighted by molar-refractivity contribution is 0.590. The number of pyridine rings is 2. The summed E-state index contributed by atoms with van der Waals surface area (Å²) in [6, 6.07) is 65.5. The molecule has 7 aromatic carbocycles. The van der Waals surface area contributed by atoms with Crippen LogP contribution in [-0.2, 0) is 5.41 Å². The Labute approximate surface area is 350 Å². The summed E-state index contributed by atoms with van der Waals surface area (Å²) in [5.74, 6) is 1.86. The fourth-order valence-corrected chi connectivity index (χ4v) is 7.95. The molecule has 3 aromatic heterocycles. The largest absolute Gasteiger partial charge is 0.254 e. The van der Waals surface area contributed by atoms with E-state index in [0.29, 0.717) is 17.5 Å². The van der Waals surface area contributed by atoms with Gasteiger partial charge in [0, 0.05) is 39.2 Å². The van der Waals surface area contributed by atoms with Gasteiger partial charge in [0.05, 0.1) is 16.7 Å². The molecule has 0 saturated carbocycles. The van der Waals surface area contributed by atoms with Gasteiger partial charge in [0.1, 0.15) is 0 Å². The predicted molar refractivity (Wildman–Crippen MR) is 247 cm³/mol. The van der Waals surface area contributed by atoms with E-state index in [-0.39, 0.29) is 5.41 Å². The zero-order valence-electron chi connectivity index (χ0n) is 33.7. The number of hydrogen-bond donors (Lipinski definition) is 0. The van der Waals surface area contributed by atoms with E-state index < -0.39 is 0 Å². The molecule has 0 aliphatic heterocycles. The van der Waals surface area contributed by atoms with Crippen LogP contribution in [0.3, 0.4) is 0 Å². The van der Waals surface area contributed by atoms with E-state index in [9.17, 15) is 0 Å². The lowest BCUT2D eigenvalue weighted by Gasteiger charge is -2.19. The second-order valence-corrected chi connectivity index (χ2v) is 16.2. The highest BCUT2D eigenvalue weighted by atomic mass is 15.0.